The third-order valence-corrected chi connectivity index (χ3v) is 3.68. The molecular formula is C17H24. The van der Waals surface area contributed by atoms with Crippen molar-refractivity contribution in [2.45, 2.75) is 51.4 Å². The Morgan fingerprint density at radius 3 is 2.71 bits per heavy atom. The molecule has 0 radical (unpaired) electrons. The lowest BCUT2D eigenvalue weighted by molar-refractivity contribution is 0.673. The Balaban J connectivity index is 1.64. The predicted octanol–water partition coefficient (Wildman–Crippen LogP) is 5.32. The van der Waals surface area contributed by atoms with Crippen LogP contribution in [0.25, 0.3) is 0 Å². The second-order valence-electron chi connectivity index (χ2n) is 5.19. The van der Waals surface area contributed by atoms with E-state index in [0.29, 0.717) is 0 Å². The summed E-state index contributed by atoms with van der Waals surface area (Å²) in [4.78, 5) is 0. The molecule has 1 saturated carbocycles. The molecule has 1 aliphatic carbocycles. The van der Waals surface area contributed by atoms with E-state index in [0.717, 1.165) is 11.8 Å². The van der Waals surface area contributed by atoms with Crippen molar-refractivity contribution in [3.8, 4) is 0 Å². The first-order valence-electron chi connectivity index (χ1n) is 7.13. The Labute approximate surface area is 106 Å². The van der Waals surface area contributed by atoms with Crippen LogP contribution in [0.2, 0.25) is 0 Å². The number of hydrogen-bond donors (Lipinski definition) is 0. The second kappa shape index (κ2) is 6.64. The summed E-state index contributed by atoms with van der Waals surface area (Å²) in [6, 6.07) is 10.9. The predicted molar refractivity (Wildman–Crippen MR) is 75.2 cm³/mol. The summed E-state index contributed by atoms with van der Waals surface area (Å²) in [5, 5.41) is 0. The first-order chi connectivity index (χ1) is 8.42. The highest BCUT2D eigenvalue weighted by Crippen LogP contribution is 2.48. The zero-order valence-corrected chi connectivity index (χ0v) is 10.9. The van der Waals surface area contributed by atoms with Gasteiger partial charge in [-0.3, -0.25) is 0 Å². The molecule has 1 aromatic rings. The van der Waals surface area contributed by atoms with E-state index in [1.165, 1.54) is 44.1 Å². The molecule has 0 aromatic heterocycles. The first kappa shape index (κ1) is 12.4. The number of rotatable bonds is 7. The van der Waals surface area contributed by atoms with Crippen molar-refractivity contribution >= 4 is 0 Å². The maximum Gasteiger partial charge on any atom is -0.00930 e. The molecule has 0 saturated heterocycles. The molecule has 0 N–H and O–H groups in total. The van der Waals surface area contributed by atoms with Gasteiger partial charge in [0.05, 0.1) is 0 Å². The highest BCUT2D eigenvalue weighted by Gasteiger charge is 2.35. The average Bonchev–Trinajstić information content (AvgIpc) is 3.14. The van der Waals surface area contributed by atoms with E-state index in [9.17, 15) is 0 Å². The average molecular weight is 228 g/mol. The summed E-state index contributed by atoms with van der Waals surface area (Å²) >= 11 is 0. The smallest absolute Gasteiger partial charge is 0.00930 e. The van der Waals surface area contributed by atoms with Crippen LogP contribution in [-0.4, -0.2) is 0 Å². The van der Waals surface area contributed by atoms with Crippen molar-refractivity contribution in [3.05, 3.63) is 48.0 Å². The summed E-state index contributed by atoms with van der Waals surface area (Å²) in [5.74, 6) is 1.63. The fourth-order valence-electron chi connectivity index (χ4n) is 2.47. The molecular weight excluding hydrogens is 204 g/mol. The Hall–Kier alpha value is -1.04. The van der Waals surface area contributed by atoms with Gasteiger partial charge in [0.2, 0.25) is 0 Å². The summed E-state index contributed by atoms with van der Waals surface area (Å²) in [5.41, 5.74) is 1.52. The van der Waals surface area contributed by atoms with Gasteiger partial charge in [-0.1, -0.05) is 68.7 Å². The van der Waals surface area contributed by atoms with Crippen molar-refractivity contribution in [3.63, 3.8) is 0 Å². The maximum absolute atomic E-state index is 2.45. The van der Waals surface area contributed by atoms with Crippen molar-refractivity contribution in [2.24, 2.45) is 5.92 Å². The van der Waals surface area contributed by atoms with E-state index in [4.69, 9.17) is 0 Å². The third-order valence-electron chi connectivity index (χ3n) is 3.68. The molecule has 0 bridgehead atoms. The molecule has 0 aliphatic heterocycles. The molecule has 1 fully saturated rings. The molecule has 17 heavy (non-hydrogen) atoms. The zero-order valence-electron chi connectivity index (χ0n) is 10.9. The number of allylic oxidation sites excluding steroid dienone is 2. The highest BCUT2D eigenvalue weighted by atomic mass is 14.4. The van der Waals surface area contributed by atoms with E-state index in [1.54, 1.807) is 0 Å². The SMILES string of the molecule is CCCCCC/C=C/[C@@H]1C[C@H]1c1ccccc1. The number of hydrogen-bond acceptors (Lipinski definition) is 0. The van der Waals surface area contributed by atoms with Crippen LogP contribution in [0, 0.1) is 5.92 Å². The lowest BCUT2D eigenvalue weighted by Crippen LogP contribution is -1.80. The van der Waals surface area contributed by atoms with Crippen molar-refractivity contribution < 1.29 is 0 Å². The fourth-order valence-corrected chi connectivity index (χ4v) is 2.47. The van der Waals surface area contributed by atoms with Crippen LogP contribution >= 0.6 is 0 Å². The van der Waals surface area contributed by atoms with Gasteiger partial charge in [0, 0.05) is 0 Å². The summed E-state index contributed by atoms with van der Waals surface area (Å²) in [7, 11) is 0. The quantitative estimate of drug-likeness (QED) is 0.438. The number of unbranched alkanes of at least 4 members (excludes halogenated alkanes) is 4. The Bertz CT molecular complexity index is 336. The molecule has 1 aliphatic rings. The largest absolute Gasteiger partial charge is 0.0882 e. The van der Waals surface area contributed by atoms with E-state index in [2.05, 4.69) is 49.4 Å². The highest BCUT2D eigenvalue weighted by molar-refractivity contribution is 5.28. The van der Waals surface area contributed by atoms with Gasteiger partial charge >= 0.3 is 0 Å². The summed E-state index contributed by atoms with van der Waals surface area (Å²) in [6.45, 7) is 2.27. The Morgan fingerprint density at radius 2 is 1.94 bits per heavy atom. The minimum absolute atomic E-state index is 0.808. The van der Waals surface area contributed by atoms with Crippen molar-refractivity contribution in [1.82, 2.24) is 0 Å². The van der Waals surface area contributed by atoms with Crippen molar-refractivity contribution in [2.75, 3.05) is 0 Å². The second-order valence-corrected chi connectivity index (χ2v) is 5.19. The fraction of sp³-hybridized carbons (Fsp3) is 0.529. The first-order valence-corrected chi connectivity index (χ1v) is 7.13. The molecule has 2 rings (SSSR count). The molecule has 1 aromatic carbocycles. The zero-order chi connectivity index (χ0) is 11.9. The topological polar surface area (TPSA) is 0 Å². The summed E-state index contributed by atoms with van der Waals surface area (Å²) in [6.07, 6.45) is 13.0. The Morgan fingerprint density at radius 1 is 1.12 bits per heavy atom. The van der Waals surface area contributed by atoms with E-state index >= 15 is 0 Å². The third kappa shape index (κ3) is 4.03. The van der Waals surface area contributed by atoms with Gasteiger partial charge in [-0.25, -0.2) is 0 Å². The standard InChI is InChI=1S/C17H24/c1-2-3-4-5-6-8-13-16-14-17(16)15-11-9-7-10-12-15/h7-13,16-17H,2-6,14H2,1H3/b13-8+/t16-,17+/m1/s1. The Kier molecular flexibility index (Phi) is 4.85. The van der Waals surface area contributed by atoms with Gasteiger partial charge in [0.25, 0.3) is 0 Å². The molecule has 0 heteroatoms. The lowest BCUT2D eigenvalue weighted by Gasteiger charge is -1.96. The van der Waals surface area contributed by atoms with Crippen LogP contribution in [0.3, 0.4) is 0 Å². The summed E-state index contributed by atoms with van der Waals surface area (Å²) < 4.78 is 0. The van der Waals surface area contributed by atoms with Gasteiger partial charge in [0.15, 0.2) is 0 Å². The molecule has 0 unspecified atom stereocenters. The van der Waals surface area contributed by atoms with Crippen LogP contribution in [0.15, 0.2) is 42.5 Å². The molecule has 0 spiro atoms. The van der Waals surface area contributed by atoms with E-state index in [-0.39, 0.29) is 0 Å². The monoisotopic (exact) mass is 228 g/mol. The maximum atomic E-state index is 2.45. The van der Waals surface area contributed by atoms with Crippen molar-refractivity contribution in [1.29, 1.82) is 0 Å². The molecule has 0 nitrogen and oxygen atoms in total. The van der Waals surface area contributed by atoms with Gasteiger partial charge < -0.3 is 0 Å². The molecule has 92 valence electrons. The van der Waals surface area contributed by atoms with Crippen LogP contribution < -0.4 is 0 Å². The van der Waals surface area contributed by atoms with E-state index in [1.807, 2.05) is 0 Å². The minimum Gasteiger partial charge on any atom is -0.0882 e. The van der Waals surface area contributed by atoms with Gasteiger partial charge in [-0.2, -0.15) is 0 Å². The van der Waals surface area contributed by atoms with Crippen LogP contribution in [0.1, 0.15) is 56.9 Å². The molecule has 0 heterocycles. The van der Waals surface area contributed by atoms with E-state index < -0.39 is 0 Å². The minimum atomic E-state index is 0.808. The molecule has 2 atom stereocenters. The van der Waals surface area contributed by atoms with Crippen LogP contribution in [0.5, 0.6) is 0 Å². The normalized spacial score (nSPS) is 23.1. The van der Waals surface area contributed by atoms with Gasteiger partial charge in [0.1, 0.15) is 0 Å². The van der Waals surface area contributed by atoms with Crippen LogP contribution in [-0.2, 0) is 0 Å². The molecule has 0 amide bonds. The lowest BCUT2D eigenvalue weighted by atomic mass is 10.1. The number of benzene rings is 1. The van der Waals surface area contributed by atoms with Gasteiger partial charge in [-0.15, -0.1) is 0 Å². The van der Waals surface area contributed by atoms with Gasteiger partial charge in [-0.05, 0) is 36.7 Å². The van der Waals surface area contributed by atoms with Crippen LogP contribution in [0.4, 0.5) is 0 Å².